The maximum Gasteiger partial charge on any atom is 0.243 e. The number of hydrogen-bond acceptors (Lipinski definition) is 5. The fraction of sp³-hybridized carbons (Fsp3) is 0.304. The molecule has 4 rings (SSSR count). The number of amides is 1. The van der Waals surface area contributed by atoms with Crippen molar-refractivity contribution in [2.45, 2.75) is 24.3 Å². The topological polar surface area (TPSA) is 93.5 Å². The van der Waals surface area contributed by atoms with Crippen LogP contribution in [0, 0.1) is 5.92 Å². The molecule has 1 aliphatic heterocycles. The highest BCUT2D eigenvalue weighted by Gasteiger charge is 2.32. The number of nitrogens with one attached hydrogen (secondary N) is 1. The van der Waals surface area contributed by atoms with Crippen LogP contribution in [0.15, 0.2) is 71.8 Å². The Kier molecular flexibility index (Phi) is 6.57. The van der Waals surface area contributed by atoms with Crippen LogP contribution in [0.3, 0.4) is 0 Å². The number of aromatic nitrogens is 2. The average Bonchev–Trinajstić information content (AvgIpc) is 3.26. The first kappa shape index (κ1) is 22.0. The van der Waals surface area contributed by atoms with Gasteiger partial charge in [-0.3, -0.25) is 4.79 Å². The number of nitrogens with zero attached hydrogens (tertiary/aromatic N) is 3. The third kappa shape index (κ3) is 4.84. The van der Waals surface area contributed by atoms with Crippen molar-refractivity contribution in [2.24, 2.45) is 5.92 Å². The van der Waals surface area contributed by atoms with Crippen molar-refractivity contribution < 1.29 is 17.9 Å². The number of carbonyl (C=O) groups is 1. The standard InChI is InChI=1S/C23H26N4O4S/c1-31-20-7-9-21(10-8-20)32(29,30)26-15-12-19(13-16-26)23(28)25-22-11-14-24-27(22)17-18-5-3-2-4-6-18/h2-11,14,19H,12-13,15-17H2,1H3,(H,25,28). The van der Waals surface area contributed by atoms with Crippen LogP contribution >= 0.6 is 0 Å². The van der Waals surface area contributed by atoms with Gasteiger partial charge in [-0.15, -0.1) is 0 Å². The van der Waals surface area contributed by atoms with E-state index in [-0.39, 0.29) is 16.7 Å². The van der Waals surface area contributed by atoms with Crippen molar-refractivity contribution in [1.29, 1.82) is 0 Å². The average molecular weight is 455 g/mol. The lowest BCUT2D eigenvalue weighted by molar-refractivity contribution is -0.121. The maximum absolute atomic E-state index is 12.9. The molecule has 1 amide bonds. The molecule has 0 aliphatic carbocycles. The molecule has 0 saturated carbocycles. The van der Waals surface area contributed by atoms with Crippen molar-refractivity contribution in [3.8, 4) is 5.75 Å². The summed E-state index contributed by atoms with van der Waals surface area (Å²) in [6.45, 7) is 1.16. The van der Waals surface area contributed by atoms with Gasteiger partial charge >= 0.3 is 0 Å². The lowest BCUT2D eigenvalue weighted by Crippen LogP contribution is -2.41. The summed E-state index contributed by atoms with van der Waals surface area (Å²) in [7, 11) is -2.06. The molecule has 3 aromatic rings. The number of piperidine rings is 1. The maximum atomic E-state index is 12.9. The Labute approximate surface area is 187 Å². The zero-order valence-electron chi connectivity index (χ0n) is 17.8. The molecule has 2 heterocycles. The first-order valence-corrected chi connectivity index (χ1v) is 11.9. The monoisotopic (exact) mass is 454 g/mol. The Morgan fingerprint density at radius 3 is 2.41 bits per heavy atom. The second-order valence-corrected chi connectivity index (χ2v) is 9.64. The zero-order chi connectivity index (χ0) is 22.6. The highest BCUT2D eigenvalue weighted by atomic mass is 32.2. The summed E-state index contributed by atoms with van der Waals surface area (Å²) >= 11 is 0. The molecular formula is C23H26N4O4S. The van der Waals surface area contributed by atoms with Crippen LogP contribution in [0.2, 0.25) is 0 Å². The smallest absolute Gasteiger partial charge is 0.243 e. The van der Waals surface area contributed by atoms with Crippen LogP contribution in [-0.4, -0.2) is 48.6 Å². The van der Waals surface area contributed by atoms with Crippen molar-refractivity contribution >= 4 is 21.7 Å². The minimum atomic E-state index is -3.60. The zero-order valence-corrected chi connectivity index (χ0v) is 18.7. The van der Waals surface area contributed by atoms with E-state index in [2.05, 4.69) is 10.4 Å². The largest absolute Gasteiger partial charge is 0.497 e. The van der Waals surface area contributed by atoms with Gasteiger partial charge < -0.3 is 10.1 Å². The minimum absolute atomic E-state index is 0.110. The molecule has 168 valence electrons. The van der Waals surface area contributed by atoms with Gasteiger partial charge in [-0.25, -0.2) is 13.1 Å². The summed E-state index contributed by atoms with van der Waals surface area (Å²) < 4.78 is 34.1. The number of sulfonamides is 1. The molecule has 0 bridgehead atoms. The third-order valence-corrected chi connectivity index (χ3v) is 7.58. The molecule has 1 N–H and O–H groups in total. The van der Waals surface area contributed by atoms with E-state index < -0.39 is 10.0 Å². The Bertz CT molecular complexity index is 1150. The summed E-state index contributed by atoms with van der Waals surface area (Å²) in [5.41, 5.74) is 1.09. The quantitative estimate of drug-likeness (QED) is 0.592. The van der Waals surface area contributed by atoms with E-state index in [4.69, 9.17) is 4.74 Å². The molecule has 1 aliphatic rings. The first-order valence-electron chi connectivity index (χ1n) is 10.5. The molecule has 2 aromatic carbocycles. The molecule has 8 nitrogen and oxygen atoms in total. The Morgan fingerprint density at radius 1 is 1.06 bits per heavy atom. The summed E-state index contributed by atoms with van der Waals surface area (Å²) in [5.74, 6) is 0.872. The SMILES string of the molecule is COc1ccc(S(=O)(=O)N2CCC(C(=O)Nc3ccnn3Cc3ccccc3)CC2)cc1. The summed E-state index contributed by atoms with van der Waals surface area (Å²) in [6, 6.07) is 18.0. The first-order chi connectivity index (χ1) is 15.5. The number of anilines is 1. The number of ether oxygens (including phenoxy) is 1. The normalized spacial score (nSPS) is 15.4. The molecule has 9 heteroatoms. The highest BCUT2D eigenvalue weighted by molar-refractivity contribution is 7.89. The van der Waals surface area contributed by atoms with Crippen LogP contribution in [0.25, 0.3) is 0 Å². The van der Waals surface area contributed by atoms with Gasteiger partial charge in [-0.1, -0.05) is 30.3 Å². The number of hydrogen-bond donors (Lipinski definition) is 1. The molecule has 1 fully saturated rings. The lowest BCUT2D eigenvalue weighted by atomic mass is 9.97. The molecule has 1 saturated heterocycles. The van der Waals surface area contributed by atoms with Gasteiger partial charge in [-0.05, 0) is 42.7 Å². The van der Waals surface area contributed by atoms with Crippen molar-refractivity contribution in [1.82, 2.24) is 14.1 Å². The predicted molar refractivity (Wildman–Crippen MR) is 121 cm³/mol. The van der Waals surface area contributed by atoms with E-state index in [1.807, 2.05) is 30.3 Å². The van der Waals surface area contributed by atoms with Gasteiger partial charge in [0.1, 0.15) is 11.6 Å². The molecule has 0 unspecified atom stereocenters. The van der Waals surface area contributed by atoms with Crippen molar-refractivity contribution in [3.63, 3.8) is 0 Å². The molecule has 1 aromatic heterocycles. The third-order valence-electron chi connectivity index (χ3n) is 5.66. The molecular weight excluding hydrogens is 428 g/mol. The Hall–Kier alpha value is -3.17. The fourth-order valence-corrected chi connectivity index (χ4v) is 5.27. The molecule has 0 radical (unpaired) electrons. The predicted octanol–water partition coefficient (Wildman–Crippen LogP) is 2.98. The van der Waals surface area contributed by atoms with Crippen molar-refractivity contribution in [2.75, 3.05) is 25.5 Å². The second-order valence-electron chi connectivity index (χ2n) is 7.70. The van der Waals surface area contributed by atoms with Crippen molar-refractivity contribution in [3.05, 3.63) is 72.4 Å². The van der Waals surface area contributed by atoms with Gasteiger partial charge in [0, 0.05) is 25.1 Å². The number of rotatable bonds is 7. The minimum Gasteiger partial charge on any atom is -0.497 e. The molecule has 0 atom stereocenters. The van der Waals surface area contributed by atoms with Gasteiger partial charge in [0.2, 0.25) is 15.9 Å². The number of carbonyl (C=O) groups excluding carboxylic acids is 1. The van der Waals surface area contributed by atoms with E-state index in [9.17, 15) is 13.2 Å². The van der Waals surface area contributed by atoms with E-state index in [1.54, 1.807) is 41.2 Å². The van der Waals surface area contributed by atoms with E-state index in [1.165, 1.54) is 11.4 Å². The van der Waals surface area contributed by atoms with Crippen LogP contribution in [0.1, 0.15) is 18.4 Å². The van der Waals surface area contributed by atoms with Crippen LogP contribution in [0.5, 0.6) is 5.75 Å². The van der Waals surface area contributed by atoms with E-state index >= 15 is 0 Å². The second kappa shape index (κ2) is 9.54. The van der Waals surface area contributed by atoms with Gasteiger partial charge in [0.25, 0.3) is 0 Å². The van der Waals surface area contributed by atoms with E-state index in [0.717, 1.165) is 5.56 Å². The van der Waals surface area contributed by atoms with Gasteiger partial charge in [-0.2, -0.15) is 9.40 Å². The summed E-state index contributed by atoms with van der Waals surface area (Å²) in [4.78, 5) is 13.1. The van der Waals surface area contributed by atoms with Crippen LogP contribution < -0.4 is 10.1 Å². The number of methoxy groups -OCH3 is 1. The molecule has 32 heavy (non-hydrogen) atoms. The summed E-state index contributed by atoms with van der Waals surface area (Å²) in [6.07, 6.45) is 2.59. The lowest BCUT2D eigenvalue weighted by Gasteiger charge is -2.30. The fourth-order valence-electron chi connectivity index (χ4n) is 3.80. The Balaban J connectivity index is 1.35. The highest BCUT2D eigenvalue weighted by Crippen LogP contribution is 2.26. The van der Waals surface area contributed by atoms with Gasteiger partial charge in [0.15, 0.2) is 0 Å². The molecule has 0 spiro atoms. The van der Waals surface area contributed by atoms with E-state index in [0.29, 0.717) is 44.0 Å². The Morgan fingerprint density at radius 2 is 1.75 bits per heavy atom. The van der Waals surface area contributed by atoms with Crippen LogP contribution in [0.4, 0.5) is 5.82 Å². The summed E-state index contributed by atoms with van der Waals surface area (Å²) in [5, 5.41) is 7.26. The number of benzene rings is 2. The van der Waals surface area contributed by atoms with Crippen LogP contribution in [-0.2, 0) is 21.4 Å². The van der Waals surface area contributed by atoms with Gasteiger partial charge in [0.05, 0.1) is 24.7 Å².